The van der Waals surface area contributed by atoms with Gasteiger partial charge in [-0.05, 0) is 31.5 Å². The SMILES string of the molecule is CCCNC(=O)CCNC(=O)c1cc(Cl)ccc1NCC. The van der Waals surface area contributed by atoms with Crippen molar-refractivity contribution in [3.05, 3.63) is 28.8 Å². The number of carbonyl (C=O) groups excluding carboxylic acids is 2. The highest BCUT2D eigenvalue weighted by atomic mass is 35.5. The Kier molecular flexibility index (Phi) is 7.61. The zero-order valence-corrected chi connectivity index (χ0v) is 13.2. The average Bonchev–Trinajstić information content (AvgIpc) is 2.47. The first kappa shape index (κ1) is 17.3. The van der Waals surface area contributed by atoms with Crippen LogP contribution in [0.2, 0.25) is 5.02 Å². The quantitative estimate of drug-likeness (QED) is 0.690. The van der Waals surface area contributed by atoms with Crippen molar-refractivity contribution in [3.63, 3.8) is 0 Å². The molecule has 0 atom stereocenters. The Balaban J connectivity index is 2.55. The molecule has 0 aliphatic heterocycles. The van der Waals surface area contributed by atoms with Crippen molar-refractivity contribution >= 4 is 29.1 Å². The summed E-state index contributed by atoms with van der Waals surface area (Å²) in [5.41, 5.74) is 1.22. The number of rotatable bonds is 8. The van der Waals surface area contributed by atoms with E-state index in [-0.39, 0.29) is 18.2 Å². The molecule has 0 aliphatic carbocycles. The summed E-state index contributed by atoms with van der Waals surface area (Å²) in [6, 6.07) is 5.12. The fourth-order valence-electron chi connectivity index (χ4n) is 1.79. The van der Waals surface area contributed by atoms with E-state index in [0.717, 1.165) is 12.1 Å². The molecule has 0 bridgehead atoms. The van der Waals surface area contributed by atoms with Crippen LogP contribution in [0.25, 0.3) is 0 Å². The molecule has 3 N–H and O–H groups in total. The van der Waals surface area contributed by atoms with Gasteiger partial charge in [0, 0.05) is 36.8 Å². The molecule has 0 aromatic heterocycles. The van der Waals surface area contributed by atoms with Gasteiger partial charge in [-0.25, -0.2) is 0 Å². The lowest BCUT2D eigenvalue weighted by molar-refractivity contribution is -0.120. The van der Waals surface area contributed by atoms with E-state index in [9.17, 15) is 9.59 Å². The van der Waals surface area contributed by atoms with Crippen molar-refractivity contribution < 1.29 is 9.59 Å². The minimum absolute atomic E-state index is 0.0600. The van der Waals surface area contributed by atoms with Crippen LogP contribution < -0.4 is 16.0 Å². The van der Waals surface area contributed by atoms with Crippen LogP contribution in [0, 0.1) is 0 Å². The van der Waals surface area contributed by atoms with Crippen LogP contribution in [-0.4, -0.2) is 31.4 Å². The molecule has 116 valence electrons. The first-order valence-corrected chi connectivity index (χ1v) is 7.54. The van der Waals surface area contributed by atoms with Gasteiger partial charge in [0.25, 0.3) is 5.91 Å². The molecule has 0 spiro atoms. The van der Waals surface area contributed by atoms with Crippen LogP contribution in [0.5, 0.6) is 0 Å². The third-order valence-electron chi connectivity index (χ3n) is 2.80. The van der Waals surface area contributed by atoms with E-state index in [4.69, 9.17) is 11.6 Å². The molecular weight excluding hydrogens is 290 g/mol. The van der Waals surface area contributed by atoms with Gasteiger partial charge in [-0.15, -0.1) is 0 Å². The van der Waals surface area contributed by atoms with Crippen LogP contribution in [0.15, 0.2) is 18.2 Å². The number of hydrogen-bond donors (Lipinski definition) is 3. The molecule has 0 unspecified atom stereocenters. The molecule has 1 rings (SSSR count). The molecule has 1 aromatic rings. The fourth-order valence-corrected chi connectivity index (χ4v) is 1.96. The predicted octanol–water partition coefficient (Wildman–Crippen LogP) is 2.42. The number of anilines is 1. The van der Waals surface area contributed by atoms with Gasteiger partial charge in [0.1, 0.15) is 0 Å². The van der Waals surface area contributed by atoms with E-state index in [1.54, 1.807) is 18.2 Å². The number of halogens is 1. The van der Waals surface area contributed by atoms with Gasteiger partial charge >= 0.3 is 0 Å². The minimum atomic E-state index is -0.239. The second kappa shape index (κ2) is 9.23. The van der Waals surface area contributed by atoms with Gasteiger partial charge in [0.15, 0.2) is 0 Å². The van der Waals surface area contributed by atoms with Gasteiger partial charge in [-0.2, -0.15) is 0 Å². The number of nitrogens with one attached hydrogen (secondary N) is 3. The first-order chi connectivity index (χ1) is 10.1. The molecule has 6 heteroatoms. The fraction of sp³-hybridized carbons (Fsp3) is 0.467. The molecule has 21 heavy (non-hydrogen) atoms. The van der Waals surface area contributed by atoms with Crippen molar-refractivity contribution in [2.45, 2.75) is 26.7 Å². The Bertz CT molecular complexity index is 492. The lowest BCUT2D eigenvalue weighted by Crippen LogP contribution is -2.31. The molecule has 2 amide bonds. The van der Waals surface area contributed by atoms with Crippen LogP contribution in [0.3, 0.4) is 0 Å². The lowest BCUT2D eigenvalue weighted by atomic mass is 10.1. The van der Waals surface area contributed by atoms with Crippen LogP contribution in [0.4, 0.5) is 5.69 Å². The van der Waals surface area contributed by atoms with Crippen LogP contribution in [0.1, 0.15) is 37.0 Å². The Labute approximate surface area is 130 Å². The monoisotopic (exact) mass is 311 g/mol. The van der Waals surface area contributed by atoms with E-state index < -0.39 is 0 Å². The van der Waals surface area contributed by atoms with Gasteiger partial charge < -0.3 is 16.0 Å². The Morgan fingerprint density at radius 1 is 1.14 bits per heavy atom. The van der Waals surface area contributed by atoms with E-state index >= 15 is 0 Å². The summed E-state index contributed by atoms with van der Waals surface area (Å²) >= 11 is 5.93. The summed E-state index contributed by atoms with van der Waals surface area (Å²) in [5, 5.41) is 9.11. The van der Waals surface area contributed by atoms with Crippen molar-refractivity contribution in [3.8, 4) is 0 Å². The maximum atomic E-state index is 12.1. The van der Waals surface area contributed by atoms with Crippen molar-refractivity contribution in [2.24, 2.45) is 0 Å². The van der Waals surface area contributed by atoms with E-state index in [0.29, 0.717) is 30.2 Å². The molecule has 0 aliphatic rings. The van der Waals surface area contributed by atoms with Crippen molar-refractivity contribution in [1.29, 1.82) is 0 Å². The number of amides is 2. The summed E-state index contributed by atoms with van der Waals surface area (Å²) in [6.45, 7) is 5.61. The van der Waals surface area contributed by atoms with Gasteiger partial charge in [-0.3, -0.25) is 9.59 Å². The number of carbonyl (C=O) groups is 2. The molecule has 0 heterocycles. The Morgan fingerprint density at radius 3 is 2.57 bits per heavy atom. The van der Waals surface area contributed by atoms with Crippen molar-refractivity contribution in [2.75, 3.05) is 25.0 Å². The smallest absolute Gasteiger partial charge is 0.253 e. The summed E-state index contributed by atoms with van der Waals surface area (Å²) in [6.07, 6.45) is 1.16. The molecule has 5 nitrogen and oxygen atoms in total. The largest absolute Gasteiger partial charge is 0.385 e. The summed E-state index contributed by atoms with van der Waals surface area (Å²) in [7, 11) is 0. The zero-order chi connectivity index (χ0) is 15.7. The topological polar surface area (TPSA) is 70.2 Å². The molecule has 0 saturated heterocycles. The first-order valence-electron chi connectivity index (χ1n) is 7.16. The highest BCUT2D eigenvalue weighted by molar-refractivity contribution is 6.31. The van der Waals surface area contributed by atoms with Gasteiger partial charge in [0.05, 0.1) is 5.56 Å². The molecule has 0 radical (unpaired) electrons. The molecular formula is C15H22ClN3O2. The van der Waals surface area contributed by atoms with Gasteiger partial charge in [-0.1, -0.05) is 18.5 Å². The second-order valence-electron chi connectivity index (χ2n) is 4.58. The average molecular weight is 312 g/mol. The highest BCUT2D eigenvalue weighted by Gasteiger charge is 2.12. The normalized spacial score (nSPS) is 10.0. The van der Waals surface area contributed by atoms with E-state index in [1.165, 1.54) is 0 Å². The highest BCUT2D eigenvalue weighted by Crippen LogP contribution is 2.20. The summed E-state index contributed by atoms with van der Waals surface area (Å²) in [4.78, 5) is 23.6. The third-order valence-corrected chi connectivity index (χ3v) is 3.04. The Hall–Kier alpha value is -1.75. The number of benzene rings is 1. The standard InChI is InChI=1S/C15H22ClN3O2/c1-3-8-18-14(20)7-9-19-15(21)12-10-11(16)5-6-13(12)17-4-2/h5-6,10,17H,3-4,7-9H2,1-2H3,(H,18,20)(H,19,21). The molecule has 0 fully saturated rings. The molecule has 1 aromatic carbocycles. The Morgan fingerprint density at radius 2 is 1.90 bits per heavy atom. The number of hydrogen-bond acceptors (Lipinski definition) is 3. The second-order valence-corrected chi connectivity index (χ2v) is 5.01. The zero-order valence-electron chi connectivity index (χ0n) is 12.5. The van der Waals surface area contributed by atoms with Crippen LogP contribution >= 0.6 is 11.6 Å². The van der Waals surface area contributed by atoms with Crippen molar-refractivity contribution in [1.82, 2.24) is 10.6 Å². The lowest BCUT2D eigenvalue weighted by Gasteiger charge is -2.11. The maximum Gasteiger partial charge on any atom is 0.253 e. The summed E-state index contributed by atoms with van der Waals surface area (Å²) in [5.74, 6) is -0.299. The molecule has 0 saturated carbocycles. The summed E-state index contributed by atoms with van der Waals surface area (Å²) < 4.78 is 0. The third kappa shape index (κ3) is 6.04. The minimum Gasteiger partial charge on any atom is -0.385 e. The van der Waals surface area contributed by atoms with Gasteiger partial charge in [0.2, 0.25) is 5.91 Å². The predicted molar refractivity (Wildman–Crippen MR) is 85.9 cm³/mol. The van der Waals surface area contributed by atoms with Crippen LogP contribution in [-0.2, 0) is 4.79 Å². The van der Waals surface area contributed by atoms with E-state index in [1.807, 2.05) is 13.8 Å². The van der Waals surface area contributed by atoms with E-state index in [2.05, 4.69) is 16.0 Å². The maximum absolute atomic E-state index is 12.1.